The Morgan fingerprint density at radius 3 is 2.18 bits per heavy atom. The fourth-order valence-corrected chi connectivity index (χ4v) is 7.41. The number of aromatic amines is 1. The summed E-state index contributed by atoms with van der Waals surface area (Å²) in [5.41, 5.74) is 5.73. The van der Waals surface area contributed by atoms with Crippen molar-refractivity contribution in [1.82, 2.24) is 29.8 Å². The molecule has 0 saturated carbocycles. The van der Waals surface area contributed by atoms with Gasteiger partial charge in [0.05, 0.1) is 27.9 Å². The van der Waals surface area contributed by atoms with Crippen molar-refractivity contribution < 1.29 is 26.4 Å². The minimum Gasteiger partial charge on any atom is -0.497 e. The number of hydrogen-bond acceptors (Lipinski definition) is 8. The van der Waals surface area contributed by atoms with Crippen molar-refractivity contribution in [2.45, 2.75) is 30.1 Å². The van der Waals surface area contributed by atoms with E-state index in [1.54, 1.807) is 51.4 Å². The van der Waals surface area contributed by atoms with Crippen LogP contribution < -0.4 is 19.9 Å². The van der Waals surface area contributed by atoms with Gasteiger partial charge in [0, 0.05) is 35.6 Å². The summed E-state index contributed by atoms with van der Waals surface area (Å²) in [5, 5.41) is 15.1. The summed E-state index contributed by atoms with van der Waals surface area (Å²) in [6.07, 6.45) is 2.07. The number of primary sulfonamides is 1. The van der Waals surface area contributed by atoms with E-state index in [9.17, 15) is 21.6 Å². The molecule has 0 aliphatic carbocycles. The van der Waals surface area contributed by atoms with Crippen molar-refractivity contribution in [3.8, 4) is 34.1 Å². The molecule has 0 spiro atoms. The Bertz CT molecular complexity index is 2410. The number of ether oxygens (including phenoxy) is 1. The predicted octanol–water partition coefficient (Wildman–Crippen LogP) is 4.59. The lowest BCUT2D eigenvalue weighted by atomic mass is 10.0. The van der Waals surface area contributed by atoms with Gasteiger partial charge in [-0.2, -0.15) is 5.10 Å². The number of nitrogens with zero attached hydrogens (tertiary/aromatic N) is 3. The number of urea groups is 1. The molecular formula is C34H33N7O6S2. The summed E-state index contributed by atoms with van der Waals surface area (Å²) < 4.78 is 61.0. The Balaban J connectivity index is 1.17. The number of benzene rings is 4. The van der Waals surface area contributed by atoms with Crippen LogP contribution >= 0.6 is 0 Å². The molecule has 0 unspecified atom stereocenters. The number of nitrogens with one attached hydrogen (secondary N) is 3. The monoisotopic (exact) mass is 699 g/mol. The van der Waals surface area contributed by atoms with Crippen molar-refractivity contribution >= 4 is 37.1 Å². The number of sulfonamides is 2. The second kappa shape index (κ2) is 13.2. The first-order valence-electron chi connectivity index (χ1n) is 15.0. The van der Waals surface area contributed by atoms with E-state index in [4.69, 9.17) is 14.9 Å². The lowest BCUT2D eigenvalue weighted by Gasteiger charge is -2.16. The fraction of sp³-hybridized carbons (Fsp3) is 0.147. The first-order chi connectivity index (χ1) is 23.3. The topological polar surface area (TPSA) is 191 Å². The third-order valence-electron chi connectivity index (χ3n) is 7.88. The highest BCUT2D eigenvalue weighted by Gasteiger charge is 2.25. The van der Waals surface area contributed by atoms with E-state index in [1.165, 1.54) is 12.1 Å². The molecule has 2 heterocycles. The smallest absolute Gasteiger partial charge is 0.328 e. The number of aryl methyl sites for hydroxylation is 2. The van der Waals surface area contributed by atoms with Crippen LogP contribution in [0.25, 0.3) is 39.4 Å². The van der Waals surface area contributed by atoms with E-state index in [0.717, 1.165) is 28.0 Å². The van der Waals surface area contributed by atoms with Crippen molar-refractivity contribution in [2.24, 2.45) is 5.14 Å². The predicted molar refractivity (Wildman–Crippen MR) is 185 cm³/mol. The summed E-state index contributed by atoms with van der Waals surface area (Å²) in [7, 11) is -7.00. The molecular weight excluding hydrogens is 667 g/mol. The molecule has 6 aromatic rings. The molecule has 6 rings (SSSR count). The highest BCUT2D eigenvalue weighted by molar-refractivity contribution is 7.90. The Morgan fingerprint density at radius 1 is 0.878 bits per heavy atom. The molecule has 15 heteroatoms. The number of nitrogens with two attached hydrogens (primary N) is 1. The molecule has 5 N–H and O–H groups in total. The standard InChI is InChI=1S/C34H33N7O6S2/c1-21-4-12-31(48(35,43)44)26(18-21)27-19-22(2)5-13-32(27)49(45,46)40-34(42)36-16-14-23-6-8-24(9-7-23)41-30-11-10-25(47-3)20-29(30)38-33(41)28-15-17-37-39-28/h4-13,15,17-20H,14,16H2,1-3H3,(H,37,39)(H2,35,43,44)(H2,36,40,42). The van der Waals surface area contributed by atoms with E-state index in [1.807, 2.05) is 57.8 Å². The number of aromatic nitrogens is 4. The number of rotatable bonds is 10. The van der Waals surface area contributed by atoms with Crippen LogP contribution in [0.1, 0.15) is 16.7 Å². The summed E-state index contributed by atoms with van der Waals surface area (Å²) in [5.74, 6) is 1.36. The maximum atomic E-state index is 13.4. The Morgan fingerprint density at radius 2 is 1.55 bits per heavy atom. The van der Waals surface area contributed by atoms with Crippen LogP contribution in [0.3, 0.4) is 0 Å². The van der Waals surface area contributed by atoms with Gasteiger partial charge in [-0.1, -0.05) is 47.5 Å². The molecule has 0 bridgehead atoms. The molecule has 13 nitrogen and oxygen atoms in total. The molecule has 0 atom stereocenters. The Labute approximate surface area is 283 Å². The summed E-state index contributed by atoms with van der Waals surface area (Å²) in [4.78, 5) is 17.1. The molecule has 2 amide bonds. The van der Waals surface area contributed by atoms with Crippen LogP contribution in [0.2, 0.25) is 0 Å². The van der Waals surface area contributed by atoms with Gasteiger partial charge in [0.1, 0.15) is 11.4 Å². The minimum atomic E-state index is -4.42. The lowest BCUT2D eigenvalue weighted by Crippen LogP contribution is -2.40. The molecule has 0 aliphatic heterocycles. The zero-order valence-corrected chi connectivity index (χ0v) is 28.4. The van der Waals surface area contributed by atoms with E-state index < -0.39 is 26.1 Å². The van der Waals surface area contributed by atoms with E-state index in [2.05, 4.69) is 15.5 Å². The van der Waals surface area contributed by atoms with Crippen molar-refractivity contribution in [3.63, 3.8) is 0 Å². The first kappa shape index (κ1) is 33.4. The molecule has 49 heavy (non-hydrogen) atoms. The zero-order chi connectivity index (χ0) is 34.9. The van der Waals surface area contributed by atoms with Crippen LogP contribution in [0.15, 0.2) is 101 Å². The second-order valence-electron chi connectivity index (χ2n) is 11.4. The highest BCUT2D eigenvalue weighted by Crippen LogP contribution is 2.34. The first-order valence-corrected chi connectivity index (χ1v) is 18.1. The summed E-state index contributed by atoms with van der Waals surface area (Å²) in [6, 6.07) is 23.2. The lowest BCUT2D eigenvalue weighted by molar-refractivity contribution is 0.246. The van der Waals surface area contributed by atoms with Crippen LogP contribution in [0.4, 0.5) is 4.79 Å². The molecule has 2 aromatic heterocycles. The normalized spacial score (nSPS) is 11.8. The van der Waals surface area contributed by atoms with Gasteiger partial charge in [-0.15, -0.1) is 0 Å². The SMILES string of the molecule is COc1ccc2c(c1)nc(-c1ccn[nH]1)n2-c1ccc(CCNC(=O)NS(=O)(=O)c2ccc(C)cc2-c2cc(C)ccc2S(N)(=O)=O)cc1. The van der Waals surface area contributed by atoms with Gasteiger partial charge in [0.15, 0.2) is 5.82 Å². The third kappa shape index (κ3) is 7.04. The Hall–Kier alpha value is -5.51. The number of hydrogen-bond donors (Lipinski definition) is 4. The minimum absolute atomic E-state index is 0.105. The van der Waals surface area contributed by atoms with E-state index in [-0.39, 0.29) is 27.5 Å². The van der Waals surface area contributed by atoms with Crippen LogP contribution in [-0.4, -0.2) is 56.3 Å². The van der Waals surface area contributed by atoms with Crippen molar-refractivity contribution in [3.05, 3.63) is 108 Å². The fourth-order valence-electron chi connectivity index (χ4n) is 5.55. The van der Waals surface area contributed by atoms with Gasteiger partial charge >= 0.3 is 6.03 Å². The second-order valence-corrected chi connectivity index (χ2v) is 14.6. The van der Waals surface area contributed by atoms with Gasteiger partial charge in [-0.3, -0.25) is 9.67 Å². The molecule has 4 aromatic carbocycles. The molecule has 0 fully saturated rings. The van der Waals surface area contributed by atoms with Gasteiger partial charge in [0.2, 0.25) is 10.0 Å². The van der Waals surface area contributed by atoms with Crippen molar-refractivity contribution in [1.29, 1.82) is 0 Å². The van der Waals surface area contributed by atoms with Gasteiger partial charge in [0.25, 0.3) is 10.0 Å². The van der Waals surface area contributed by atoms with Crippen LogP contribution in [0.5, 0.6) is 5.75 Å². The summed E-state index contributed by atoms with van der Waals surface area (Å²) in [6.45, 7) is 3.63. The van der Waals surface area contributed by atoms with Crippen LogP contribution in [0, 0.1) is 13.8 Å². The van der Waals surface area contributed by atoms with Crippen molar-refractivity contribution in [2.75, 3.05) is 13.7 Å². The maximum absolute atomic E-state index is 13.4. The van der Waals surface area contributed by atoms with Gasteiger partial charge < -0.3 is 10.1 Å². The van der Waals surface area contributed by atoms with E-state index >= 15 is 0 Å². The maximum Gasteiger partial charge on any atom is 0.328 e. The average Bonchev–Trinajstić information content (AvgIpc) is 3.72. The molecule has 252 valence electrons. The number of fused-ring (bicyclic) bond motifs is 1. The van der Waals surface area contributed by atoms with Gasteiger partial charge in [-0.05, 0) is 68.3 Å². The zero-order valence-electron chi connectivity index (χ0n) is 26.8. The largest absolute Gasteiger partial charge is 0.497 e. The number of carbonyl (C=O) groups excluding carboxylic acids is 1. The third-order valence-corrected chi connectivity index (χ3v) is 10.2. The number of imidazole rings is 1. The number of H-pyrrole nitrogens is 1. The highest BCUT2D eigenvalue weighted by atomic mass is 32.2. The van der Waals surface area contributed by atoms with E-state index in [0.29, 0.717) is 29.1 Å². The Kier molecular flexibility index (Phi) is 8.98. The van der Waals surface area contributed by atoms with Crippen LogP contribution in [-0.2, 0) is 26.5 Å². The number of amides is 2. The number of carbonyl (C=O) groups is 1. The average molecular weight is 700 g/mol. The summed E-state index contributed by atoms with van der Waals surface area (Å²) >= 11 is 0. The molecule has 0 radical (unpaired) electrons. The quantitative estimate of drug-likeness (QED) is 0.160. The van der Waals surface area contributed by atoms with Gasteiger partial charge in [-0.25, -0.2) is 36.5 Å². The molecule has 0 aliphatic rings. The number of methoxy groups -OCH3 is 1. The molecule has 0 saturated heterocycles.